The van der Waals surface area contributed by atoms with Gasteiger partial charge in [0, 0.05) is 12.7 Å². The normalized spacial score (nSPS) is 25.3. The zero-order valence-electron chi connectivity index (χ0n) is 15.0. The molecule has 1 saturated carbocycles. The highest BCUT2D eigenvalue weighted by Gasteiger charge is 2.43. The number of rotatable bonds is 6. The molecule has 0 aromatic carbocycles. The molecule has 1 aliphatic heterocycles. The standard InChI is InChI=1S/C18H30N4O2/c1-13(2)9-18(12-23)7-4-8-21(18)17(24)20-16-10-19-22(11-16)14(3)15-5-6-15/h10-11,13-15,23H,4-9,12H2,1-3H3,(H,20,24)/t14-,18-/m1/s1. The molecule has 2 fully saturated rings. The quantitative estimate of drug-likeness (QED) is 0.839. The number of nitrogens with zero attached hydrogens (tertiary/aromatic N) is 3. The van der Waals surface area contributed by atoms with E-state index >= 15 is 0 Å². The highest BCUT2D eigenvalue weighted by molar-refractivity contribution is 5.89. The van der Waals surface area contributed by atoms with Crippen molar-refractivity contribution >= 4 is 11.7 Å². The average molecular weight is 334 g/mol. The number of urea groups is 1. The lowest BCUT2D eigenvalue weighted by atomic mass is 9.87. The summed E-state index contributed by atoms with van der Waals surface area (Å²) < 4.78 is 1.95. The first kappa shape index (κ1) is 17.3. The number of carbonyl (C=O) groups is 1. The Balaban J connectivity index is 1.67. The van der Waals surface area contributed by atoms with Crippen LogP contribution in [0.2, 0.25) is 0 Å². The van der Waals surface area contributed by atoms with Gasteiger partial charge in [-0.15, -0.1) is 0 Å². The van der Waals surface area contributed by atoms with Crippen LogP contribution in [0.25, 0.3) is 0 Å². The third-order valence-electron chi connectivity index (χ3n) is 5.50. The number of nitrogens with one attached hydrogen (secondary N) is 1. The SMILES string of the molecule is CC(C)C[C@@]1(CO)CCCN1C(=O)Nc1cnn([C@H](C)C2CC2)c1. The molecule has 6 nitrogen and oxygen atoms in total. The molecule has 1 aliphatic carbocycles. The Bertz CT molecular complexity index is 581. The van der Waals surface area contributed by atoms with Crippen molar-refractivity contribution in [2.24, 2.45) is 11.8 Å². The number of aromatic nitrogens is 2. The van der Waals surface area contributed by atoms with E-state index in [2.05, 4.69) is 31.2 Å². The van der Waals surface area contributed by atoms with Gasteiger partial charge in [-0.3, -0.25) is 4.68 Å². The van der Waals surface area contributed by atoms with E-state index < -0.39 is 5.54 Å². The minimum absolute atomic E-state index is 0.0244. The van der Waals surface area contributed by atoms with Gasteiger partial charge >= 0.3 is 6.03 Å². The highest BCUT2D eigenvalue weighted by atomic mass is 16.3. The Morgan fingerprint density at radius 2 is 2.21 bits per heavy atom. The Morgan fingerprint density at radius 1 is 1.46 bits per heavy atom. The Hall–Kier alpha value is -1.56. The van der Waals surface area contributed by atoms with Gasteiger partial charge in [0.15, 0.2) is 0 Å². The van der Waals surface area contributed by atoms with Crippen LogP contribution in [0, 0.1) is 11.8 Å². The summed E-state index contributed by atoms with van der Waals surface area (Å²) in [5.41, 5.74) is 0.311. The first-order valence-electron chi connectivity index (χ1n) is 9.19. The third kappa shape index (κ3) is 3.43. The first-order valence-corrected chi connectivity index (χ1v) is 9.19. The number of anilines is 1. The fourth-order valence-corrected chi connectivity index (χ4v) is 4.07. The fraction of sp³-hybridized carbons (Fsp3) is 0.778. The van der Waals surface area contributed by atoms with Crippen LogP contribution in [-0.4, -0.2) is 44.5 Å². The van der Waals surface area contributed by atoms with Gasteiger partial charge in [-0.05, 0) is 50.9 Å². The van der Waals surface area contributed by atoms with E-state index in [9.17, 15) is 9.90 Å². The van der Waals surface area contributed by atoms with Crippen LogP contribution in [-0.2, 0) is 0 Å². The molecule has 134 valence electrons. The van der Waals surface area contributed by atoms with Gasteiger partial charge in [0.2, 0.25) is 0 Å². The molecule has 2 heterocycles. The Morgan fingerprint density at radius 3 is 2.83 bits per heavy atom. The number of aliphatic hydroxyl groups excluding tert-OH is 1. The lowest BCUT2D eigenvalue weighted by Gasteiger charge is -2.38. The minimum atomic E-state index is -0.421. The topological polar surface area (TPSA) is 70.4 Å². The van der Waals surface area contributed by atoms with Crippen LogP contribution in [0.15, 0.2) is 12.4 Å². The van der Waals surface area contributed by atoms with E-state index in [1.54, 1.807) is 6.20 Å². The second-order valence-corrected chi connectivity index (χ2v) is 7.95. The summed E-state index contributed by atoms with van der Waals surface area (Å²) in [7, 11) is 0. The average Bonchev–Trinajstić information content (AvgIpc) is 3.15. The monoisotopic (exact) mass is 334 g/mol. The Kier molecular flexibility index (Phi) is 4.85. The largest absolute Gasteiger partial charge is 0.394 e. The van der Waals surface area contributed by atoms with Gasteiger partial charge in [-0.25, -0.2) is 4.79 Å². The van der Waals surface area contributed by atoms with Crippen molar-refractivity contribution in [3.8, 4) is 0 Å². The maximum atomic E-state index is 12.8. The molecule has 2 atom stereocenters. The van der Waals surface area contributed by atoms with Crippen LogP contribution in [0.3, 0.4) is 0 Å². The molecule has 0 radical (unpaired) electrons. The lowest BCUT2D eigenvalue weighted by molar-refractivity contribution is 0.0728. The molecule has 2 amide bonds. The zero-order valence-corrected chi connectivity index (χ0v) is 15.0. The second-order valence-electron chi connectivity index (χ2n) is 7.95. The van der Waals surface area contributed by atoms with Gasteiger partial charge in [-0.2, -0.15) is 5.10 Å². The molecule has 3 rings (SSSR count). The smallest absolute Gasteiger partial charge is 0.322 e. The molecule has 2 aliphatic rings. The van der Waals surface area contributed by atoms with Crippen LogP contribution in [0.4, 0.5) is 10.5 Å². The fourth-order valence-electron chi connectivity index (χ4n) is 4.07. The molecule has 0 bridgehead atoms. The molecule has 1 aromatic heterocycles. The number of carbonyl (C=O) groups excluding carboxylic acids is 1. The van der Waals surface area contributed by atoms with Crippen LogP contribution < -0.4 is 5.32 Å². The van der Waals surface area contributed by atoms with Crippen LogP contribution in [0.1, 0.15) is 58.9 Å². The van der Waals surface area contributed by atoms with E-state index in [1.807, 2.05) is 15.8 Å². The summed E-state index contributed by atoms with van der Waals surface area (Å²) in [4.78, 5) is 14.6. The molecule has 1 saturated heterocycles. The molecule has 2 N–H and O–H groups in total. The van der Waals surface area contributed by atoms with Crippen molar-refractivity contribution < 1.29 is 9.90 Å². The maximum Gasteiger partial charge on any atom is 0.322 e. The Labute approximate surface area is 144 Å². The predicted octanol–water partition coefficient (Wildman–Crippen LogP) is 3.26. The molecule has 0 unspecified atom stereocenters. The van der Waals surface area contributed by atoms with Crippen molar-refractivity contribution in [3.63, 3.8) is 0 Å². The van der Waals surface area contributed by atoms with Crippen molar-refractivity contribution in [3.05, 3.63) is 12.4 Å². The summed E-state index contributed by atoms with van der Waals surface area (Å²) in [5.74, 6) is 1.16. The third-order valence-corrected chi connectivity index (χ3v) is 5.50. The van der Waals surface area contributed by atoms with E-state index in [0.29, 0.717) is 18.5 Å². The summed E-state index contributed by atoms with van der Waals surface area (Å²) in [5, 5.41) is 17.3. The van der Waals surface area contributed by atoms with E-state index in [1.165, 1.54) is 12.8 Å². The molecule has 6 heteroatoms. The summed E-state index contributed by atoms with van der Waals surface area (Å²) in [6.45, 7) is 7.17. The molecule has 0 spiro atoms. The van der Waals surface area contributed by atoms with E-state index in [-0.39, 0.29) is 12.6 Å². The van der Waals surface area contributed by atoms with E-state index in [0.717, 1.165) is 30.9 Å². The van der Waals surface area contributed by atoms with Crippen LogP contribution >= 0.6 is 0 Å². The van der Waals surface area contributed by atoms with Gasteiger partial charge in [0.05, 0.1) is 30.1 Å². The van der Waals surface area contributed by atoms with Crippen molar-refractivity contribution in [2.45, 2.75) is 64.5 Å². The number of amides is 2. The van der Waals surface area contributed by atoms with Crippen LogP contribution in [0.5, 0.6) is 0 Å². The zero-order chi connectivity index (χ0) is 17.3. The minimum Gasteiger partial charge on any atom is -0.394 e. The first-order chi connectivity index (χ1) is 11.4. The van der Waals surface area contributed by atoms with E-state index in [4.69, 9.17) is 0 Å². The summed E-state index contributed by atoms with van der Waals surface area (Å²) in [6, 6.07) is 0.265. The van der Waals surface area contributed by atoms with Crippen molar-refractivity contribution in [1.82, 2.24) is 14.7 Å². The molecule has 1 aromatic rings. The summed E-state index contributed by atoms with van der Waals surface area (Å²) in [6.07, 6.45) is 8.81. The number of likely N-dealkylation sites (tertiary alicyclic amines) is 1. The number of hydrogen-bond acceptors (Lipinski definition) is 3. The van der Waals surface area contributed by atoms with Gasteiger partial charge in [-0.1, -0.05) is 13.8 Å². The number of hydrogen-bond donors (Lipinski definition) is 2. The van der Waals surface area contributed by atoms with Gasteiger partial charge in [0.1, 0.15) is 0 Å². The van der Waals surface area contributed by atoms with Crippen molar-refractivity contribution in [2.75, 3.05) is 18.5 Å². The predicted molar refractivity (Wildman–Crippen MR) is 93.9 cm³/mol. The summed E-state index contributed by atoms with van der Waals surface area (Å²) >= 11 is 0. The lowest BCUT2D eigenvalue weighted by Crippen LogP contribution is -2.52. The maximum absolute atomic E-state index is 12.8. The van der Waals surface area contributed by atoms with Crippen molar-refractivity contribution in [1.29, 1.82) is 0 Å². The number of aliphatic hydroxyl groups is 1. The molecule has 24 heavy (non-hydrogen) atoms. The second kappa shape index (κ2) is 6.75. The van der Waals surface area contributed by atoms with Gasteiger partial charge in [0.25, 0.3) is 0 Å². The molecular weight excluding hydrogens is 304 g/mol. The highest BCUT2D eigenvalue weighted by Crippen LogP contribution is 2.39. The van der Waals surface area contributed by atoms with Gasteiger partial charge < -0.3 is 15.3 Å². The molecular formula is C18H30N4O2.